The number of hydrogen-bond donors (Lipinski definition) is 0. The minimum atomic E-state index is -0.334. The molecule has 0 bridgehead atoms. The lowest BCUT2D eigenvalue weighted by Crippen LogP contribution is -2.27. The van der Waals surface area contributed by atoms with E-state index in [4.69, 9.17) is 33.3 Å². The van der Waals surface area contributed by atoms with Gasteiger partial charge in [0, 0.05) is 6.54 Å². The Labute approximate surface area is 177 Å². The fourth-order valence-electron chi connectivity index (χ4n) is 2.67. The van der Waals surface area contributed by atoms with Crippen molar-refractivity contribution in [3.63, 3.8) is 0 Å². The number of thioether (sulfide) groups is 1. The molecule has 1 aliphatic rings. The zero-order valence-corrected chi connectivity index (χ0v) is 17.6. The summed E-state index contributed by atoms with van der Waals surface area (Å²) in [4.78, 5) is 14.4. The van der Waals surface area contributed by atoms with Gasteiger partial charge in [0.25, 0.3) is 5.91 Å². The first kappa shape index (κ1) is 20.6. The second-order valence-corrected chi connectivity index (χ2v) is 7.96. The van der Waals surface area contributed by atoms with Crippen LogP contribution in [0.1, 0.15) is 18.1 Å². The van der Waals surface area contributed by atoms with Gasteiger partial charge in [0.2, 0.25) is 0 Å². The molecule has 0 aromatic heterocycles. The highest BCUT2D eigenvalue weighted by molar-refractivity contribution is 8.26. The Hall–Kier alpha value is -2.09. The lowest BCUT2D eigenvalue weighted by atomic mass is 10.1. The van der Waals surface area contributed by atoms with E-state index < -0.39 is 0 Å². The second-order valence-electron chi connectivity index (χ2n) is 5.88. The topological polar surface area (TPSA) is 38.8 Å². The van der Waals surface area contributed by atoms with Crippen molar-refractivity contribution in [1.82, 2.24) is 4.90 Å². The molecule has 3 rings (SSSR count). The van der Waals surface area contributed by atoms with E-state index in [1.54, 1.807) is 35.2 Å². The van der Waals surface area contributed by atoms with Gasteiger partial charge in [-0.3, -0.25) is 9.69 Å². The highest BCUT2D eigenvalue weighted by Crippen LogP contribution is 2.39. The van der Waals surface area contributed by atoms with Crippen LogP contribution in [0, 0.1) is 5.82 Å². The summed E-state index contributed by atoms with van der Waals surface area (Å²) in [5.74, 6) is 0.311. The monoisotopic (exact) mass is 437 g/mol. The Bertz CT molecular complexity index is 964. The zero-order valence-electron chi connectivity index (χ0n) is 15.2. The van der Waals surface area contributed by atoms with Crippen LogP contribution < -0.4 is 9.47 Å². The maximum absolute atomic E-state index is 13.3. The van der Waals surface area contributed by atoms with Crippen molar-refractivity contribution < 1.29 is 18.7 Å². The van der Waals surface area contributed by atoms with Gasteiger partial charge in [-0.25, -0.2) is 4.39 Å². The molecule has 0 spiro atoms. The number of carbonyl (C=O) groups is 1. The van der Waals surface area contributed by atoms with Crippen molar-refractivity contribution in [3.8, 4) is 11.5 Å². The van der Waals surface area contributed by atoms with Crippen LogP contribution in [0.3, 0.4) is 0 Å². The summed E-state index contributed by atoms with van der Waals surface area (Å²) in [6.07, 6.45) is 1.72. The molecule has 0 N–H and O–H groups in total. The van der Waals surface area contributed by atoms with Gasteiger partial charge in [0.05, 0.1) is 17.0 Å². The van der Waals surface area contributed by atoms with E-state index in [1.165, 1.54) is 31.0 Å². The lowest BCUT2D eigenvalue weighted by Gasteiger charge is -2.14. The molecule has 1 fully saturated rings. The molecule has 0 aliphatic carbocycles. The highest BCUT2D eigenvalue weighted by Gasteiger charge is 2.30. The first-order valence-corrected chi connectivity index (χ1v) is 10.0. The quantitative estimate of drug-likeness (QED) is 0.453. The predicted molar refractivity (Wildman–Crippen MR) is 114 cm³/mol. The lowest BCUT2D eigenvalue weighted by molar-refractivity contribution is -0.121. The summed E-state index contributed by atoms with van der Waals surface area (Å²) in [6, 6.07) is 9.54. The maximum atomic E-state index is 13.3. The third kappa shape index (κ3) is 4.48. The van der Waals surface area contributed by atoms with Crippen LogP contribution in [0.4, 0.5) is 4.39 Å². The molecule has 146 valence electrons. The van der Waals surface area contributed by atoms with Crippen LogP contribution in [-0.4, -0.2) is 28.8 Å². The summed E-state index contributed by atoms with van der Waals surface area (Å²) < 4.78 is 25.0. The van der Waals surface area contributed by atoms with E-state index in [0.29, 0.717) is 43.4 Å². The van der Waals surface area contributed by atoms with Crippen LogP contribution >= 0.6 is 35.6 Å². The standard InChI is InChI=1S/C20H17ClFNO3S2/c1-3-23-19(24)17(28-20(23)27)10-13-8-15(21)18(16(9-13)25-2)26-11-12-5-4-6-14(22)7-12/h4-10H,3,11H2,1-2H3/b17-10-. The largest absolute Gasteiger partial charge is 0.493 e. The van der Waals surface area contributed by atoms with Crippen LogP contribution in [0.5, 0.6) is 11.5 Å². The second kappa shape index (κ2) is 8.94. The number of ether oxygens (including phenoxy) is 2. The molecular formula is C20H17ClFNO3S2. The van der Waals surface area contributed by atoms with Crippen molar-refractivity contribution in [2.45, 2.75) is 13.5 Å². The Morgan fingerprint density at radius 2 is 2.11 bits per heavy atom. The zero-order chi connectivity index (χ0) is 20.3. The number of likely N-dealkylation sites (N-methyl/N-ethyl adjacent to an activating group) is 1. The van der Waals surface area contributed by atoms with E-state index in [0.717, 1.165) is 0 Å². The molecule has 1 amide bonds. The minimum absolute atomic E-state index is 0.126. The first-order chi connectivity index (χ1) is 13.4. The van der Waals surface area contributed by atoms with Gasteiger partial charge in [-0.15, -0.1) is 0 Å². The normalized spacial score (nSPS) is 15.4. The fourth-order valence-corrected chi connectivity index (χ4v) is 4.33. The van der Waals surface area contributed by atoms with E-state index in [9.17, 15) is 9.18 Å². The number of amides is 1. The molecule has 0 radical (unpaired) electrons. The van der Waals surface area contributed by atoms with Gasteiger partial charge in [0.15, 0.2) is 11.5 Å². The van der Waals surface area contributed by atoms with Gasteiger partial charge in [-0.2, -0.15) is 0 Å². The Kier molecular flexibility index (Phi) is 6.59. The third-order valence-electron chi connectivity index (χ3n) is 4.01. The van der Waals surface area contributed by atoms with Crippen LogP contribution in [0.2, 0.25) is 5.02 Å². The van der Waals surface area contributed by atoms with Gasteiger partial charge >= 0.3 is 0 Å². The van der Waals surface area contributed by atoms with Crippen molar-refractivity contribution in [3.05, 3.63) is 63.3 Å². The molecule has 2 aromatic carbocycles. The smallest absolute Gasteiger partial charge is 0.266 e. The van der Waals surface area contributed by atoms with Crippen molar-refractivity contribution in [2.24, 2.45) is 0 Å². The van der Waals surface area contributed by atoms with E-state index in [2.05, 4.69) is 0 Å². The highest BCUT2D eigenvalue weighted by atomic mass is 35.5. The van der Waals surface area contributed by atoms with Crippen LogP contribution in [0.15, 0.2) is 41.3 Å². The number of hydrogen-bond acceptors (Lipinski definition) is 5. The fraction of sp³-hybridized carbons (Fsp3) is 0.200. The Morgan fingerprint density at radius 3 is 2.75 bits per heavy atom. The van der Waals surface area contributed by atoms with Gasteiger partial charge in [-0.05, 0) is 48.4 Å². The number of rotatable bonds is 6. The summed E-state index contributed by atoms with van der Waals surface area (Å²) in [7, 11) is 1.50. The number of benzene rings is 2. The predicted octanol–water partition coefficient (Wildman–Crippen LogP) is 5.29. The molecule has 0 atom stereocenters. The summed E-state index contributed by atoms with van der Waals surface area (Å²) in [6.45, 7) is 2.54. The molecule has 28 heavy (non-hydrogen) atoms. The number of thiocarbonyl (C=S) groups is 1. The van der Waals surface area contributed by atoms with Crippen molar-refractivity contribution in [1.29, 1.82) is 0 Å². The summed E-state index contributed by atoms with van der Waals surface area (Å²) >= 11 is 12.9. The summed E-state index contributed by atoms with van der Waals surface area (Å²) in [5.41, 5.74) is 1.36. The van der Waals surface area contributed by atoms with Crippen molar-refractivity contribution in [2.75, 3.05) is 13.7 Å². The maximum Gasteiger partial charge on any atom is 0.266 e. The molecule has 2 aromatic rings. The minimum Gasteiger partial charge on any atom is -0.493 e. The van der Waals surface area contributed by atoms with E-state index >= 15 is 0 Å². The van der Waals surface area contributed by atoms with E-state index in [1.807, 2.05) is 6.92 Å². The molecule has 4 nitrogen and oxygen atoms in total. The average Bonchev–Trinajstić information content (AvgIpc) is 2.93. The SMILES string of the molecule is CCN1C(=O)/C(=C/c2cc(Cl)c(OCc3cccc(F)c3)c(OC)c2)SC1=S. The van der Waals surface area contributed by atoms with Gasteiger partial charge < -0.3 is 9.47 Å². The molecular weight excluding hydrogens is 421 g/mol. The molecule has 8 heteroatoms. The van der Waals surface area contributed by atoms with Crippen molar-refractivity contribution >= 4 is 51.9 Å². The van der Waals surface area contributed by atoms with Crippen LogP contribution in [0.25, 0.3) is 6.08 Å². The van der Waals surface area contributed by atoms with Crippen LogP contribution in [-0.2, 0) is 11.4 Å². The number of carbonyl (C=O) groups excluding carboxylic acids is 1. The first-order valence-electron chi connectivity index (χ1n) is 8.43. The van der Waals surface area contributed by atoms with Gasteiger partial charge in [0.1, 0.15) is 16.7 Å². The number of halogens is 2. The third-order valence-corrected chi connectivity index (χ3v) is 5.67. The van der Waals surface area contributed by atoms with E-state index in [-0.39, 0.29) is 18.3 Å². The number of methoxy groups -OCH3 is 1. The number of nitrogens with zero attached hydrogens (tertiary/aromatic N) is 1. The molecule has 0 saturated carbocycles. The van der Waals surface area contributed by atoms with Gasteiger partial charge in [-0.1, -0.05) is 47.7 Å². The summed E-state index contributed by atoms with van der Waals surface area (Å²) in [5, 5.41) is 0.327. The molecule has 1 aliphatic heterocycles. The molecule has 1 heterocycles. The Morgan fingerprint density at radius 1 is 1.32 bits per heavy atom. The molecule has 0 unspecified atom stereocenters. The Balaban J connectivity index is 1.85. The average molecular weight is 438 g/mol. The molecule has 1 saturated heterocycles.